The molecule has 0 aliphatic rings. The zero-order valence-corrected chi connectivity index (χ0v) is 13.2. The third-order valence-electron chi connectivity index (χ3n) is 2.13. The van der Waals surface area contributed by atoms with Crippen LogP contribution < -0.4 is 5.32 Å². The highest BCUT2D eigenvalue weighted by molar-refractivity contribution is 14.1. The predicted molar refractivity (Wildman–Crippen MR) is 80.2 cm³/mol. The number of halogens is 4. The van der Waals surface area contributed by atoms with Gasteiger partial charge < -0.3 is 0 Å². The van der Waals surface area contributed by atoms with E-state index in [2.05, 4.69) is 10.3 Å². The number of rotatable bonds is 2. The molecule has 1 rings (SSSR count). The van der Waals surface area contributed by atoms with Crippen LogP contribution in [-0.4, -0.2) is 16.3 Å². The number of hydrogen-bond donors (Lipinski definition) is 1. The Balaban J connectivity index is 3.58. The fraction of sp³-hybridized carbons (Fsp3) is 0.200. The Labute approximate surface area is 134 Å². The normalized spacial score (nSPS) is 11.9. The lowest BCUT2D eigenvalue weighted by Gasteiger charge is -2.12. The lowest BCUT2D eigenvalue weighted by molar-refractivity contribution is -0.385. The summed E-state index contributed by atoms with van der Waals surface area (Å²) in [6, 6.07) is 1.41. The van der Waals surface area contributed by atoms with E-state index in [0.717, 1.165) is 17.8 Å². The molecule has 0 unspecified atom stereocenters. The molecule has 1 N–H and O–H groups in total. The molecule has 0 amide bonds. The van der Waals surface area contributed by atoms with Gasteiger partial charge in [0.15, 0.2) is 11.4 Å². The molecule has 0 saturated carbocycles. The Kier molecular flexibility index (Phi) is 5.78. The average Bonchev–Trinajstić information content (AvgIpc) is 2.38. The molecule has 0 aliphatic heterocycles. The van der Waals surface area contributed by atoms with Crippen molar-refractivity contribution in [3.8, 4) is 6.19 Å². The van der Waals surface area contributed by atoms with Gasteiger partial charge in [0.2, 0.25) is 0 Å². The molecule has 0 radical (unpaired) electrons. The van der Waals surface area contributed by atoms with E-state index in [1.807, 2.05) is 0 Å². The number of amidine groups is 1. The second-order valence-electron chi connectivity index (χ2n) is 3.44. The summed E-state index contributed by atoms with van der Waals surface area (Å²) >= 11 is 2.47. The summed E-state index contributed by atoms with van der Waals surface area (Å²) in [6.45, 7) is 0. The molecule has 0 aliphatic carbocycles. The Morgan fingerprint density at radius 2 is 2.19 bits per heavy atom. The maximum atomic E-state index is 13.0. The molecular weight excluding hydrogens is 424 g/mol. The molecule has 11 heteroatoms. The molecule has 0 bridgehead atoms. The van der Waals surface area contributed by atoms with Gasteiger partial charge in [-0.2, -0.15) is 18.4 Å². The monoisotopic (exact) mass is 430 g/mol. The molecule has 0 spiro atoms. The second kappa shape index (κ2) is 6.94. The van der Waals surface area contributed by atoms with E-state index in [1.54, 1.807) is 6.19 Å². The van der Waals surface area contributed by atoms with Crippen LogP contribution in [0.5, 0.6) is 0 Å². The van der Waals surface area contributed by atoms with Crippen molar-refractivity contribution in [2.45, 2.75) is 6.18 Å². The molecular formula is C10H6F3IN4O2S. The van der Waals surface area contributed by atoms with Crippen LogP contribution in [0, 0.1) is 25.1 Å². The molecule has 21 heavy (non-hydrogen) atoms. The van der Waals surface area contributed by atoms with Gasteiger partial charge in [-0.3, -0.25) is 15.4 Å². The molecule has 1 aromatic rings. The van der Waals surface area contributed by atoms with Gasteiger partial charge in [0.25, 0.3) is 5.69 Å². The van der Waals surface area contributed by atoms with Crippen LogP contribution in [0.4, 0.5) is 24.5 Å². The largest absolute Gasteiger partial charge is 0.418 e. The number of thioether (sulfide) groups is 1. The van der Waals surface area contributed by atoms with E-state index in [-0.39, 0.29) is 8.74 Å². The first-order valence-electron chi connectivity index (χ1n) is 5.03. The number of nitro groups is 1. The number of non-ortho nitro benzene ring substituents is 1. The molecule has 6 nitrogen and oxygen atoms in total. The van der Waals surface area contributed by atoms with Crippen molar-refractivity contribution < 1.29 is 18.1 Å². The number of nitrogens with zero attached hydrogens (tertiary/aromatic N) is 3. The van der Waals surface area contributed by atoms with E-state index in [0.29, 0.717) is 6.07 Å². The number of nitrogens with one attached hydrogen (secondary N) is 1. The average molecular weight is 430 g/mol. The number of aliphatic imine (C=N–C) groups is 1. The van der Waals surface area contributed by atoms with Gasteiger partial charge in [0, 0.05) is 15.7 Å². The number of hydrogen-bond acceptors (Lipinski definition) is 5. The Morgan fingerprint density at radius 3 is 2.62 bits per heavy atom. The highest BCUT2D eigenvalue weighted by Crippen LogP contribution is 2.41. The van der Waals surface area contributed by atoms with Gasteiger partial charge in [0.1, 0.15) is 0 Å². The van der Waals surface area contributed by atoms with Gasteiger partial charge in [-0.1, -0.05) is 11.8 Å². The SMILES string of the molecule is CSC(=Nc1c(I)cc([N+](=O)[O-])cc1C(F)(F)F)NC#N. The first-order valence-corrected chi connectivity index (χ1v) is 7.34. The van der Waals surface area contributed by atoms with E-state index >= 15 is 0 Å². The van der Waals surface area contributed by atoms with Crippen molar-refractivity contribution >= 4 is 50.9 Å². The summed E-state index contributed by atoms with van der Waals surface area (Å²) in [6.07, 6.45) is -1.73. The molecule has 0 aromatic heterocycles. The van der Waals surface area contributed by atoms with Gasteiger partial charge in [0.05, 0.1) is 16.2 Å². The van der Waals surface area contributed by atoms with Crippen LogP contribution in [0.2, 0.25) is 0 Å². The summed E-state index contributed by atoms with van der Waals surface area (Å²) in [5.74, 6) is 0. The Bertz CT molecular complexity index is 642. The molecule has 0 atom stereocenters. The van der Waals surface area contributed by atoms with Crippen LogP contribution in [0.15, 0.2) is 17.1 Å². The van der Waals surface area contributed by atoms with E-state index in [9.17, 15) is 23.3 Å². The summed E-state index contributed by atoms with van der Waals surface area (Å²) in [5.41, 5.74) is -2.38. The van der Waals surface area contributed by atoms with Crippen molar-refractivity contribution in [2.24, 2.45) is 4.99 Å². The standard InChI is InChI=1S/C10H6F3IN4O2S/c1-21-9(16-4-15)17-8-6(10(11,12)13)2-5(18(19)20)3-7(8)14/h2-3H,1H3,(H,16,17). The number of benzene rings is 1. The van der Waals surface area contributed by atoms with E-state index in [4.69, 9.17) is 5.26 Å². The first kappa shape index (κ1) is 17.5. The van der Waals surface area contributed by atoms with Crippen molar-refractivity contribution in [1.29, 1.82) is 5.26 Å². The summed E-state index contributed by atoms with van der Waals surface area (Å²) in [4.78, 5) is 13.5. The van der Waals surface area contributed by atoms with Crippen molar-refractivity contribution in [2.75, 3.05) is 6.26 Å². The van der Waals surface area contributed by atoms with Gasteiger partial charge in [-0.25, -0.2) is 4.99 Å². The lowest BCUT2D eigenvalue weighted by Crippen LogP contribution is -2.14. The smallest absolute Gasteiger partial charge is 0.271 e. The maximum Gasteiger partial charge on any atom is 0.418 e. The van der Waals surface area contributed by atoms with Crippen molar-refractivity contribution in [3.05, 3.63) is 31.4 Å². The molecule has 112 valence electrons. The molecule has 0 saturated heterocycles. The fourth-order valence-electron chi connectivity index (χ4n) is 1.29. The maximum absolute atomic E-state index is 13.0. The second-order valence-corrected chi connectivity index (χ2v) is 5.39. The summed E-state index contributed by atoms with van der Waals surface area (Å²) in [7, 11) is 0. The van der Waals surface area contributed by atoms with Gasteiger partial charge in [-0.15, -0.1) is 0 Å². The summed E-state index contributed by atoms with van der Waals surface area (Å²) < 4.78 is 39.0. The Hall–Kier alpha value is -1.55. The summed E-state index contributed by atoms with van der Waals surface area (Å²) in [5, 5.41) is 21.2. The van der Waals surface area contributed by atoms with Gasteiger partial charge in [-0.05, 0) is 28.8 Å². The van der Waals surface area contributed by atoms with Gasteiger partial charge >= 0.3 is 6.18 Å². The third kappa shape index (κ3) is 4.46. The van der Waals surface area contributed by atoms with Crippen LogP contribution in [0.1, 0.15) is 5.56 Å². The first-order chi connectivity index (χ1) is 9.70. The molecule has 0 heterocycles. The lowest BCUT2D eigenvalue weighted by atomic mass is 10.1. The minimum absolute atomic E-state index is 0.0413. The molecule has 0 fully saturated rings. The zero-order chi connectivity index (χ0) is 16.2. The highest BCUT2D eigenvalue weighted by Gasteiger charge is 2.36. The number of nitro benzene ring substituents is 1. The van der Waals surface area contributed by atoms with Crippen molar-refractivity contribution in [3.63, 3.8) is 0 Å². The van der Waals surface area contributed by atoms with Crippen molar-refractivity contribution in [1.82, 2.24) is 5.32 Å². The van der Waals surface area contributed by atoms with E-state index < -0.39 is 28.0 Å². The highest BCUT2D eigenvalue weighted by atomic mass is 127. The molecule has 1 aromatic carbocycles. The van der Waals surface area contributed by atoms with Crippen LogP contribution in [-0.2, 0) is 6.18 Å². The fourth-order valence-corrected chi connectivity index (χ4v) is 2.35. The number of alkyl halides is 3. The topological polar surface area (TPSA) is 91.3 Å². The third-order valence-corrected chi connectivity index (χ3v) is 3.54. The quantitative estimate of drug-likeness (QED) is 0.147. The predicted octanol–water partition coefficient (Wildman–Crippen LogP) is 3.64. The number of nitriles is 1. The Morgan fingerprint density at radius 1 is 1.57 bits per heavy atom. The van der Waals surface area contributed by atoms with Crippen LogP contribution >= 0.6 is 34.4 Å². The van der Waals surface area contributed by atoms with Crippen LogP contribution in [0.25, 0.3) is 0 Å². The van der Waals surface area contributed by atoms with Crippen LogP contribution in [0.3, 0.4) is 0 Å². The minimum atomic E-state index is -4.80. The minimum Gasteiger partial charge on any atom is -0.271 e. The van der Waals surface area contributed by atoms with E-state index in [1.165, 1.54) is 28.8 Å². The zero-order valence-electron chi connectivity index (χ0n) is 10.2.